The van der Waals surface area contributed by atoms with E-state index in [1.165, 1.54) is 12.8 Å². The van der Waals surface area contributed by atoms with Gasteiger partial charge in [-0.15, -0.1) is 0 Å². The van der Waals surface area contributed by atoms with Gasteiger partial charge in [0.25, 0.3) is 5.91 Å². The lowest BCUT2D eigenvalue weighted by Gasteiger charge is -2.27. The summed E-state index contributed by atoms with van der Waals surface area (Å²) in [5.41, 5.74) is 7.04. The first kappa shape index (κ1) is 13.7. The second-order valence-corrected chi connectivity index (χ2v) is 5.33. The molecule has 2 rings (SSSR count). The highest BCUT2D eigenvalue weighted by Gasteiger charge is 2.20. The van der Waals surface area contributed by atoms with Crippen LogP contribution in [0.15, 0.2) is 18.2 Å². The third kappa shape index (κ3) is 3.40. The van der Waals surface area contributed by atoms with Crippen molar-refractivity contribution >= 4 is 11.6 Å². The minimum Gasteiger partial charge on any atom is -0.488 e. The first-order valence-corrected chi connectivity index (χ1v) is 6.88. The van der Waals surface area contributed by atoms with E-state index >= 15 is 0 Å². The SMILES string of the molecule is CNC(=O)c1ccc(OC2CCC(C)CC2)c(N)c1. The number of nitrogens with one attached hydrogen (secondary N) is 1. The van der Waals surface area contributed by atoms with Gasteiger partial charge in [0.05, 0.1) is 11.8 Å². The second kappa shape index (κ2) is 5.95. The molecule has 1 aliphatic rings. The molecule has 4 nitrogen and oxygen atoms in total. The van der Waals surface area contributed by atoms with E-state index in [4.69, 9.17) is 10.5 Å². The fraction of sp³-hybridized carbons (Fsp3) is 0.533. The number of ether oxygens (including phenoxy) is 1. The summed E-state index contributed by atoms with van der Waals surface area (Å²) in [7, 11) is 1.60. The molecule has 1 aromatic carbocycles. The molecular formula is C15H22N2O2. The van der Waals surface area contributed by atoms with Crippen LogP contribution in [0, 0.1) is 5.92 Å². The summed E-state index contributed by atoms with van der Waals surface area (Å²) in [6.45, 7) is 2.28. The van der Waals surface area contributed by atoms with Crippen molar-refractivity contribution in [2.45, 2.75) is 38.7 Å². The van der Waals surface area contributed by atoms with Crippen LogP contribution in [0.4, 0.5) is 5.69 Å². The maximum absolute atomic E-state index is 11.5. The molecule has 19 heavy (non-hydrogen) atoms. The largest absolute Gasteiger partial charge is 0.488 e. The Kier molecular flexibility index (Phi) is 4.30. The summed E-state index contributed by atoms with van der Waals surface area (Å²) in [6, 6.07) is 5.20. The van der Waals surface area contributed by atoms with Gasteiger partial charge in [0.15, 0.2) is 0 Å². The smallest absolute Gasteiger partial charge is 0.251 e. The zero-order valence-corrected chi connectivity index (χ0v) is 11.6. The van der Waals surface area contributed by atoms with Crippen molar-refractivity contribution in [2.24, 2.45) is 5.92 Å². The number of benzene rings is 1. The molecule has 1 aliphatic carbocycles. The second-order valence-electron chi connectivity index (χ2n) is 5.33. The van der Waals surface area contributed by atoms with E-state index in [9.17, 15) is 4.79 Å². The van der Waals surface area contributed by atoms with Gasteiger partial charge in [-0.3, -0.25) is 4.79 Å². The average molecular weight is 262 g/mol. The third-order valence-electron chi connectivity index (χ3n) is 3.76. The molecule has 0 bridgehead atoms. The molecule has 0 heterocycles. The molecule has 3 N–H and O–H groups in total. The van der Waals surface area contributed by atoms with Crippen LogP contribution in [0.2, 0.25) is 0 Å². The van der Waals surface area contributed by atoms with Gasteiger partial charge in [0.2, 0.25) is 0 Å². The number of nitrogen functional groups attached to an aromatic ring is 1. The zero-order chi connectivity index (χ0) is 13.8. The Bertz CT molecular complexity index is 451. The number of anilines is 1. The number of rotatable bonds is 3. The van der Waals surface area contributed by atoms with Crippen molar-refractivity contribution in [1.82, 2.24) is 5.32 Å². The number of carbonyl (C=O) groups is 1. The molecule has 1 fully saturated rings. The first-order valence-electron chi connectivity index (χ1n) is 6.88. The molecular weight excluding hydrogens is 240 g/mol. The van der Waals surface area contributed by atoms with E-state index in [-0.39, 0.29) is 12.0 Å². The van der Waals surface area contributed by atoms with Gasteiger partial charge in [0.1, 0.15) is 5.75 Å². The van der Waals surface area contributed by atoms with E-state index in [0.717, 1.165) is 18.8 Å². The molecule has 0 aromatic heterocycles. The topological polar surface area (TPSA) is 64.3 Å². The number of amides is 1. The highest BCUT2D eigenvalue weighted by Crippen LogP contribution is 2.30. The van der Waals surface area contributed by atoms with E-state index < -0.39 is 0 Å². The predicted octanol–water partition coefficient (Wildman–Crippen LogP) is 2.59. The van der Waals surface area contributed by atoms with Crippen molar-refractivity contribution in [3.8, 4) is 5.75 Å². The van der Waals surface area contributed by atoms with Gasteiger partial charge >= 0.3 is 0 Å². The molecule has 104 valence electrons. The fourth-order valence-electron chi connectivity index (χ4n) is 2.47. The van der Waals surface area contributed by atoms with Crippen LogP contribution in [0.1, 0.15) is 43.0 Å². The molecule has 0 aliphatic heterocycles. The Hall–Kier alpha value is -1.71. The van der Waals surface area contributed by atoms with Crippen LogP contribution >= 0.6 is 0 Å². The van der Waals surface area contributed by atoms with Gasteiger partial charge < -0.3 is 15.8 Å². The maximum atomic E-state index is 11.5. The average Bonchev–Trinajstić information content (AvgIpc) is 2.42. The van der Waals surface area contributed by atoms with E-state index in [1.807, 2.05) is 0 Å². The lowest BCUT2D eigenvalue weighted by molar-refractivity contribution is 0.0963. The van der Waals surface area contributed by atoms with Crippen molar-refractivity contribution in [3.63, 3.8) is 0 Å². The van der Waals surface area contributed by atoms with E-state index in [0.29, 0.717) is 17.0 Å². The highest BCUT2D eigenvalue weighted by atomic mass is 16.5. The van der Waals surface area contributed by atoms with Crippen molar-refractivity contribution in [2.75, 3.05) is 12.8 Å². The molecule has 0 radical (unpaired) electrons. The van der Waals surface area contributed by atoms with Gasteiger partial charge in [-0.25, -0.2) is 0 Å². The Morgan fingerprint density at radius 3 is 2.58 bits per heavy atom. The van der Waals surface area contributed by atoms with Crippen molar-refractivity contribution in [1.29, 1.82) is 0 Å². The quantitative estimate of drug-likeness (QED) is 0.823. The van der Waals surface area contributed by atoms with E-state index in [2.05, 4.69) is 12.2 Å². The van der Waals surface area contributed by atoms with Gasteiger partial charge in [-0.1, -0.05) is 6.92 Å². The van der Waals surface area contributed by atoms with Crippen molar-refractivity contribution in [3.05, 3.63) is 23.8 Å². The van der Waals surface area contributed by atoms with Crippen LogP contribution in [-0.4, -0.2) is 19.1 Å². The van der Waals surface area contributed by atoms with Crippen LogP contribution < -0.4 is 15.8 Å². The third-order valence-corrected chi connectivity index (χ3v) is 3.76. The number of nitrogens with two attached hydrogens (primary N) is 1. The Morgan fingerprint density at radius 1 is 1.32 bits per heavy atom. The zero-order valence-electron chi connectivity index (χ0n) is 11.6. The number of carbonyl (C=O) groups excluding carboxylic acids is 1. The summed E-state index contributed by atoms with van der Waals surface area (Å²) < 4.78 is 5.95. The van der Waals surface area contributed by atoms with Gasteiger partial charge in [0, 0.05) is 12.6 Å². The summed E-state index contributed by atoms with van der Waals surface area (Å²) in [5, 5.41) is 2.58. The molecule has 1 saturated carbocycles. The number of hydrogen-bond donors (Lipinski definition) is 2. The molecule has 0 atom stereocenters. The summed E-state index contributed by atoms with van der Waals surface area (Å²) in [5.74, 6) is 1.35. The molecule has 0 spiro atoms. The van der Waals surface area contributed by atoms with E-state index in [1.54, 1.807) is 25.2 Å². The standard InChI is InChI=1S/C15H22N2O2/c1-10-3-6-12(7-4-10)19-14-8-5-11(9-13(14)16)15(18)17-2/h5,8-10,12H,3-4,6-7,16H2,1-2H3,(H,17,18). The fourth-order valence-corrected chi connectivity index (χ4v) is 2.47. The van der Waals surface area contributed by atoms with Crippen LogP contribution in [0.5, 0.6) is 5.75 Å². The van der Waals surface area contributed by atoms with Gasteiger partial charge in [-0.2, -0.15) is 0 Å². The highest BCUT2D eigenvalue weighted by molar-refractivity contribution is 5.95. The minimum atomic E-state index is -0.134. The Morgan fingerprint density at radius 2 is 2.00 bits per heavy atom. The monoisotopic (exact) mass is 262 g/mol. The van der Waals surface area contributed by atoms with Crippen molar-refractivity contribution < 1.29 is 9.53 Å². The Balaban J connectivity index is 2.03. The number of hydrogen-bond acceptors (Lipinski definition) is 3. The van der Waals surface area contributed by atoms with Crippen LogP contribution in [-0.2, 0) is 0 Å². The molecule has 1 aromatic rings. The minimum absolute atomic E-state index is 0.134. The molecule has 1 amide bonds. The molecule has 4 heteroatoms. The normalized spacial score (nSPS) is 22.8. The summed E-state index contributed by atoms with van der Waals surface area (Å²) >= 11 is 0. The molecule has 0 unspecified atom stereocenters. The lowest BCUT2D eigenvalue weighted by Crippen LogP contribution is -2.23. The summed E-state index contributed by atoms with van der Waals surface area (Å²) in [4.78, 5) is 11.5. The first-order chi connectivity index (χ1) is 9.10. The lowest BCUT2D eigenvalue weighted by atomic mass is 9.89. The molecule has 0 saturated heterocycles. The van der Waals surface area contributed by atoms with Gasteiger partial charge in [-0.05, 0) is 49.8 Å². The summed E-state index contributed by atoms with van der Waals surface area (Å²) in [6.07, 6.45) is 4.83. The van der Waals surface area contributed by atoms with Crippen LogP contribution in [0.25, 0.3) is 0 Å². The van der Waals surface area contributed by atoms with Crippen LogP contribution in [0.3, 0.4) is 0 Å². The Labute approximate surface area is 114 Å². The maximum Gasteiger partial charge on any atom is 0.251 e. The predicted molar refractivity (Wildman–Crippen MR) is 76.3 cm³/mol.